The highest BCUT2D eigenvalue weighted by atomic mass is 32.1. The van der Waals surface area contributed by atoms with Crippen LogP contribution in [0, 0.1) is 64.8 Å². The van der Waals surface area contributed by atoms with Crippen LogP contribution in [-0.2, 0) is 10.8 Å². The topological polar surface area (TPSA) is 95.2 Å². The van der Waals surface area contributed by atoms with Crippen molar-refractivity contribution in [3.05, 3.63) is 75.1 Å². The number of fused-ring (bicyclic) bond motifs is 4. The molecule has 0 bridgehead atoms. The minimum Gasteiger partial charge on any atom is -0.192 e. The third-order valence-corrected chi connectivity index (χ3v) is 24.3. The van der Waals surface area contributed by atoms with E-state index < -0.39 is 0 Å². The predicted octanol–water partition coefficient (Wildman–Crippen LogP) is 27.5. The second-order valence-corrected chi connectivity index (χ2v) is 31.5. The van der Waals surface area contributed by atoms with Gasteiger partial charge in [-0.05, 0) is 82.6 Å². The lowest BCUT2D eigenvalue weighted by molar-refractivity contribution is 0.389. The minimum absolute atomic E-state index is 0.204. The van der Waals surface area contributed by atoms with E-state index in [1.165, 1.54) is 401 Å². The van der Waals surface area contributed by atoms with E-state index in [0.717, 1.165) is 34.7 Å². The Kier molecular flexibility index (Phi) is 42.8. The maximum atomic E-state index is 10.5. The molecule has 1 aromatic carbocycles. The van der Waals surface area contributed by atoms with E-state index in [0.29, 0.717) is 0 Å². The summed E-state index contributed by atoms with van der Waals surface area (Å²) in [6.45, 7) is 9.23. The molecule has 0 saturated carbocycles. The van der Waals surface area contributed by atoms with Gasteiger partial charge in [0.2, 0.25) is 0 Å². The zero-order valence-corrected chi connectivity index (χ0v) is 62.0. The van der Waals surface area contributed by atoms with Gasteiger partial charge in [0, 0.05) is 19.9 Å². The summed E-state index contributed by atoms with van der Waals surface area (Å²) in [6.07, 6.45) is 79.6. The van der Waals surface area contributed by atoms with Crippen LogP contribution in [0.4, 0.5) is 0 Å². The van der Waals surface area contributed by atoms with Gasteiger partial charge in [0.25, 0.3) is 0 Å². The first kappa shape index (κ1) is 79.0. The molecule has 2 aliphatic carbocycles. The molecule has 0 N–H and O–H groups in total. The summed E-state index contributed by atoms with van der Waals surface area (Å²) < 4.78 is 4.29. The standard InChI is InChI=1S/C86H136N4S2/c1-5-9-13-17-21-25-29-33-37-41-45-49-53-57-61-85(62-58-54-50-46-42-38-34-30-26-22-18-14-10-6-2)77-65-76-78(66-75(77)83-79(85)67-81(91-83)73(69-87)70-88)86(80-68-82(92-84(76)80)74(71-89)72-90,63-59-55-51-47-43-39-35-31-27-23-19-15-11-7-3)64-60-56-52-48-44-40-36-32-28-24-20-16-12-8-4/h65-68H,5-64H2,1-4H3. The molecule has 6 heteroatoms. The van der Waals surface area contributed by atoms with Crippen molar-refractivity contribution in [2.75, 3.05) is 0 Å². The number of nitriles is 4. The lowest BCUT2D eigenvalue weighted by atomic mass is 9.68. The van der Waals surface area contributed by atoms with Gasteiger partial charge < -0.3 is 0 Å². The van der Waals surface area contributed by atoms with Gasteiger partial charge in [-0.3, -0.25) is 0 Å². The number of rotatable bonds is 60. The summed E-state index contributed by atoms with van der Waals surface area (Å²) in [5, 5.41) is 44.6. The van der Waals surface area contributed by atoms with Crippen molar-refractivity contribution in [1.29, 1.82) is 21.0 Å². The van der Waals surface area contributed by atoms with Crippen LogP contribution in [0.25, 0.3) is 11.1 Å². The molecule has 0 radical (unpaired) electrons. The minimum atomic E-state index is -0.204. The molecule has 512 valence electrons. The summed E-state index contributed by atoms with van der Waals surface area (Å²) in [5.74, 6) is 0. The fraction of sp³-hybridized carbons (Fsp3) is 0.767. The number of hydrogen-bond donors (Lipinski definition) is 0. The van der Waals surface area contributed by atoms with Gasteiger partial charge in [0.05, 0.1) is 9.06 Å². The van der Waals surface area contributed by atoms with E-state index in [1.54, 1.807) is 22.7 Å². The molecule has 5 rings (SSSR count). The Morgan fingerprint density at radius 1 is 0.250 bits per heavy atom. The highest BCUT2D eigenvalue weighted by Gasteiger charge is 2.44. The molecule has 0 amide bonds. The van der Waals surface area contributed by atoms with Crippen molar-refractivity contribution >= 4 is 33.8 Å². The van der Waals surface area contributed by atoms with Crippen molar-refractivity contribution in [1.82, 2.24) is 0 Å². The van der Waals surface area contributed by atoms with Crippen LogP contribution in [0.2, 0.25) is 0 Å². The summed E-state index contributed by atoms with van der Waals surface area (Å²) in [5.41, 5.74) is 5.78. The highest BCUT2D eigenvalue weighted by molar-refractivity contribution is 7.08. The van der Waals surface area contributed by atoms with Crippen LogP contribution in [0.15, 0.2) is 24.3 Å². The maximum absolute atomic E-state index is 10.5. The third-order valence-electron chi connectivity index (χ3n) is 21.9. The number of unbranched alkanes of at least 4 members (excludes halogenated alkanes) is 52. The van der Waals surface area contributed by atoms with Crippen LogP contribution >= 0.6 is 22.7 Å². The monoisotopic (exact) mass is 1290 g/mol. The SMILES string of the molecule is CCCCCCCCCCCCCCCCC1(CCCCCCCCCCCCCCCC)c2cc3c(cc2=c2sc(=C(C#N)C#N)cc21)C(CCCCCCCCCCCCCCCC)(CCCCCCCCCCCCCCCC)c1cc(=C(C#N)C#N)sc1=3. The third kappa shape index (κ3) is 27.1. The Labute approximate surface area is 574 Å². The first-order chi connectivity index (χ1) is 45.4. The predicted molar refractivity (Wildman–Crippen MR) is 400 cm³/mol. The summed E-state index contributed by atoms with van der Waals surface area (Å²) in [6, 6.07) is 19.3. The number of benzene rings is 1. The van der Waals surface area contributed by atoms with E-state index in [9.17, 15) is 21.0 Å². The summed E-state index contributed by atoms with van der Waals surface area (Å²) >= 11 is 3.43. The lowest BCUT2D eigenvalue weighted by Gasteiger charge is -2.35. The molecule has 0 aliphatic heterocycles. The van der Waals surface area contributed by atoms with Crippen molar-refractivity contribution in [2.45, 2.75) is 424 Å². The van der Waals surface area contributed by atoms with E-state index in [1.807, 2.05) is 0 Å². The second kappa shape index (κ2) is 49.8. The molecular weight excluding hydrogens is 1150 g/mol. The zero-order valence-electron chi connectivity index (χ0n) is 60.3. The number of thiophene rings is 2. The lowest BCUT2D eigenvalue weighted by Crippen LogP contribution is -2.28. The second-order valence-electron chi connectivity index (χ2n) is 29.4. The molecule has 2 heterocycles. The largest absolute Gasteiger partial charge is 0.192 e. The highest BCUT2D eigenvalue weighted by Crippen LogP contribution is 2.53. The summed E-state index contributed by atoms with van der Waals surface area (Å²) in [4.78, 5) is 0. The Hall–Kier alpha value is -3.68. The van der Waals surface area contributed by atoms with Crippen molar-refractivity contribution in [3.63, 3.8) is 0 Å². The first-order valence-electron chi connectivity index (χ1n) is 40.3. The van der Waals surface area contributed by atoms with Gasteiger partial charge in [0.15, 0.2) is 0 Å². The Morgan fingerprint density at radius 2 is 0.424 bits per heavy atom. The fourth-order valence-corrected chi connectivity index (χ4v) is 18.7. The van der Waals surface area contributed by atoms with Gasteiger partial charge in [0.1, 0.15) is 35.4 Å². The van der Waals surface area contributed by atoms with Crippen LogP contribution in [-0.4, -0.2) is 0 Å². The molecule has 0 fully saturated rings. The smallest absolute Gasteiger partial charge is 0.146 e. The van der Waals surface area contributed by atoms with E-state index in [-0.39, 0.29) is 22.0 Å². The molecule has 0 unspecified atom stereocenters. The van der Waals surface area contributed by atoms with Crippen molar-refractivity contribution in [3.8, 4) is 24.3 Å². The quantitative estimate of drug-likeness (QED) is 0.0526. The van der Waals surface area contributed by atoms with Gasteiger partial charge >= 0.3 is 0 Å². The number of nitrogens with zero attached hydrogens (tertiary/aromatic N) is 4. The number of hydrogen-bond acceptors (Lipinski definition) is 6. The van der Waals surface area contributed by atoms with Crippen LogP contribution in [0.1, 0.15) is 435 Å². The maximum Gasteiger partial charge on any atom is 0.146 e. The average Bonchev–Trinajstić information content (AvgIpc) is 1.53. The Morgan fingerprint density at radius 3 is 0.598 bits per heavy atom. The molecule has 3 aromatic rings. The molecule has 92 heavy (non-hydrogen) atoms. The van der Waals surface area contributed by atoms with Gasteiger partial charge in [-0.15, -0.1) is 22.7 Å². The molecule has 0 spiro atoms. The molecule has 4 nitrogen and oxygen atoms in total. The summed E-state index contributed by atoms with van der Waals surface area (Å²) in [7, 11) is 0. The molecule has 0 atom stereocenters. The molecule has 0 saturated heterocycles. The molecular formula is C86H136N4S2. The van der Waals surface area contributed by atoms with Crippen molar-refractivity contribution < 1.29 is 0 Å². The van der Waals surface area contributed by atoms with E-state index >= 15 is 0 Å². The van der Waals surface area contributed by atoms with Crippen LogP contribution in [0.3, 0.4) is 0 Å². The Balaban J connectivity index is 1.46. The van der Waals surface area contributed by atoms with Crippen LogP contribution in [0.5, 0.6) is 0 Å². The van der Waals surface area contributed by atoms with Gasteiger partial charge in [-0.2, -0.15) is 21.0 Å². The Bertz CT molecular complexity index is 2650. The first-order valence-corrected chi connectivity index (χ1v) is 41.9. The van der Waals surface area contributed by atoms with Gasteiger partial charge in [-0.25, -0.2) is 0 Å². The van der Waals surface area contributed by atoms with Crippen molar-refractivity contribution in [2.24, 2.45) is 0 Å². The zero-order chi connectivity index (χ0) is 65.4. The molecule has 2 aliphatic rings. The van der Waals surface area contributed by atoms with E-state index in [2.05, 4.69) is 76.2 Å². The average molecular weight is 1290 g/mol. The van der Waals surface area contributed by atoms with E-state index in [4.69, 9.17) is 0 Å². The van der Waals surface area contributed by atoms with Crippen LogP contribution < -0.4 is 9.06 Å². The van der Waals surface area contributed by atoms with Gasteiger partial charge in [-0.1, -0.05) is 387 Å². The molecule has 2 aromatic heterocycles. The fourth-order valence-electron chi connectivity index (χ4n) is 16.3. The normalized spacial score (nSPS) is 13.1.